The van der Waals surface area contributed by atoms with E-state index in [9.17, 15) is 14.7 Å². The van der Waals surface area contributed by atoms with Crippen LogP contribution >= 0.6 is 0 Å². The van der Waals surface area contributed by atoms with Gasteiger partial charge in [0.2, 0.25) is 5.91 Å². The van der Waals surface area contributed by atoms with Crippen LogP contribution < -0.4 is 10.6 Å². The zero-order valence-corrected chi connectivity index (χ0v) is 10.5. The molecule has 0 radical (unpaired) electrons. The van der Waals surface area contributed by atoms with Crippen LogP contribution in [-0.4, -0.2) is 48.9 Å². The van der Waals surface area contributed by atoms with Gasteiger partial charge >= 0.3 is 5.97 Å². The lowest BCUT2D eigenvalue weighted by Gasteiger charge is -2.09. The molecule has 0 aliphatic heterocycles. The molecular formula is C12H16N2O5. The number of methoxy groups -OCH3 is 1. The van der Waals surface area contributed by atoms with Crippen molar-refractivity contribution in [2.75, 3.05) is 32.1 Å². The molecule has 1 amide bonds. The minimum absolute atomic E-state index is 0.0135. The molecule has 1 aromatic rings. The molecular weight excluding hydrogens is 252 g/mol. The van der Waals surface area contributed by atoms with Gasteiger partial charge < -0.3 is 25.6 Å². The van der Waals surface area contributed by atoms with Crippen molar-refractivity contribution in [3.05, 3.63) is 23.8 Å². The van der Waals surface area contributed by atoms with Crippen LogP contribution in [0, 0.1) is 0 Å². The number of phenols is 1. The lowest BCUT2D eigenvalue weighted by atomic mass is 10.2. The molecule has 4 N–H and O–H groups in total. The summed E-state index contributed by atoms with van der Waals surface area (Å²) in [7, 11) is 1.55. The molecule has 19 heavy (non-hydrogen) atoms. The zero-order valence-electron chi connectivity index (χ0n) is 10.5. The van der Waals surface area contributed by atoms with E-state index in [1.165, 1.54) is 18.2 Å². The van der Waals surface area contributed by atoms with E-state index in [0.29, 0.717) is 13.2 Å². The van der Waals surface area contributed by atoms with Crippen LogP contribution in [0.25, 0.3) is 0 Å². The van der Waals surface area contributed by atoms with Crippen molar-refractivity contribution in [1.29, 1.82) is 0 Å². The second kappa shape index (κ2) is 7.34. The van der Waals surface area contributed by atoms with Crippen molar-refractivity contribution >= 4 is 17.6 Å². The number of carbonyl (C=O) groups excluding carboxylic acids is 1. The number of phenolic OH excluding ortho intramolecular Hbond substituents is 1. The van der Waals surface area contributed by atoms with Crippen molar-refractivity contribution in [2.45, 2.75) is 0 Å². The number of carbonyl (C=O) groups is 2. The Labute approximate surface area is 110 Å². The quantitative estimate of drug-likeness (QED) is 0.417. The zero-order chi connectivity index (χ0) is 14.3. The van der Waals surface area contributed by atoms with Gasteiger partial charge in [0.25, 0.3) is 0 Å². The smallest absolute Gasteiger partial charge is 0.335 e. The van der Waals surface area contributed by atoms with E-state index in [4.69, 9.17) is 9.84 Å². The average molecular weight is 268 g/mol. The summed E-state index contributed by atoms with van der Waals surface area (Å²) in [4.78, 5) is 22.3. The molecule has 1 aromatic carbocycles. The minimum atomic E-state index is -1.13. The normalized spacial score (nSPS) is 10.2. The summed E-state index contributed by atoms with van der Waals surface area (Å²) in [5.74, 6) is -1.70. The van der Waals surface area contributed by atoms with Crippen LogP contribution in [0.15, 0.2) is 18.2 Å². The number of aromatic carboxylic acids is 1. The summed E-state index contributed by atoms with van der Waals surface area (Å²) in [6.07, 6.45) is 0. The molecule has 0 fully saturated rings. The Balaban J connectivity index is 2.58. The van der Waals surface area contributed by atoms with Gasteiger partial charge in [-0.1, -0.05) is 0 Å². The second-order valence-corrected chi connectivity index (χ2v) is 3.75. The number of aromatic hydroxyl groups is 1. The molecule has 0 aromatic heterocycles. The van der Waals surface area contributed by atoms with Crippen LogP contribution in [0.3, 0.4) is 0 Å². The molecule has 0 spiro atoms. The van der Waals surface area contributed by atoms with Crippen molar-refractivity contribution in [3.8, 4) is 5.75 Å². The number of hydrogen-bond donors (Lipinski definition) is 4. The summed E-state index contributed by atoms with van der Waals surface area (Å²) in [6, 6.07) is 3.67. The lowest BCUT2D eigenvalue weighted by molar-refractivity contribution is -0.115. The van der Waals surface area contributed by atoms with E-state index < -0.39 is 5.97 Å². The van der Waals surface area contributed by atoms with Crippen LogP contribution in [0.1, 0.15) is 10.4 Å². The highest BCUT2D eigenvalue weighted by molar-refractivity contribution is 5.96. The standard InChI is InChI=1S/C12H16N2O5/c1-19-5-4-13-7-11(16)14-9-6-8(12(17)18)2-3-10(9)15/h2-3,6,13,15H,4-5,7H2,1H3,(H,14,16)(H,17,18). The number of benzene rings is 1. The molecule has 0 heterocycles. The van der Waals surface area contributed by atoms with Gasteiger partial charge in [-0.15, -0.1) is 0 Å². The second-order valence-electron chi connectivity index (χ2n) is 3.75. The van der Waals surface area contributed by atoms with Crippen LogP contribution in [0.4, 0.5) is 5.69 Å². The summed E-state index contributed by atoms with van der Waals surface area (Å²) < 4.78 is 4.80. The Morgan fingerprint density at radius 1 is 1.37 bits per heavy atom. The summed E-state index contributed by atoms with van der Waals surface area (Å²) in [5.41, 5.74) is 0.0545. The number of carboxylic acids is 1. The summed E-state index contributed by atoms with van der Waals surface area (Å²) in [6.45, 7) is 1.04. The van der Waals surface area contributed by atoms with E-state index >= 15 is 0 Å². The number of rotatable bonds is 7. The Morgan fingerprint density at radius 3 is 2.74 bits per heavy atom. The van der Waals surface area contributed by atoms with E-state index in [0.717, 1.165) is 0 Å². The topological polar surface area (TPSA) is 108 Å². The lowest BCUT2D eigenvalue weighted by Crippen LogP contribution is -2.30. The fourth-order valence-corrected chi connectivity index (χ4v) is 1.34. The Kier molecular flexibility index (Phi) is 5.77. The maximum absolute atomic E-state index is 11.5. The van der Waals surface area contributed by atoms with E-state index in [-0.39, 0.29) is 29.5 Å². The molecule has 7 nitrogen and oxygen atoms in total. The van der Waals surface area contributed by atoms with Crippen molar-refractivity contribution in [1.82, 2.24) is 5.32 Å². The fraction of sp³-hybridized carbons (Fsp3) is 0.333. The van der Waals surface area contributed by atoms with Crippen LogP contribution in [-0.2, 0) is 9.53 Å². The predicted octanol–water partition coefficient (Wildman–Crippen LogP) is 0.265. The number of hydrogen-bond acceptors (Lipinski definition) is 5. The summed E-state index contributed by atoms with van der Waals surface area (Å²) >= 11 is 0. The number of anilines is 1. The number of ether oxygens (including phenoxy) is 1. The number of carboxylic acid groups (broad SMARTS) is 1. The van der Waals surface area contributed by atoms with Crippen molar-refractivity contribution in [3.63, 3.8) is 0 Å². The molecule has 0 aliphatic carbocycles. The van der Waals surface area contributed by atoms with Gasteiger partial charge in [-0.2, -0.15) is 0 Å². The third-order valence-electron chi connectivity index (χ3n) is 2.29. The maximum Gasteiger partial charge on any atom is 0.335 e. The molecule has 0 unspecified atom stereocenters. The minimum Gasteiger partial charge on any atom is -0.506 e. The van der Waals surface area contributed by atoms with E-state index in [1.54, 1.807) is 7.11 Å². The highest BCUT2D eigenvalue weighted by atomic mass is 16.5. The molecule has 104 valence electrons. The molecule has 0 bridgehead atoms. The SMILES string of the molecule is COCCNCC(=O)Nc1cc(C(=O)O)ccc1O. The first kappa shape index (κ1) is 14.9. The maximum atomic E-state index is 11.5. The molecule has 0 saturated heterocycles. The number of nitrogens with one attached hydrogen (secondary N) is 2. The van der Waals surface area contributed by atoms with Gasteiger partial charge in [0.15, 0.2) is 0 Å². The first-order valence-corrected chi connectivity index (χ1v) is 5.60. The average Bonchev–Trinajstić information content (AvgIpc) is 2.37. The van der Waals surface area contributed by atoms with Crippen LogP contribution in [0.5, 0.6) is 5.75 Å². The van der Waals surface area contributed by atoms with Gasteiger partial charge in [-0.25, -0.2) is 4.79 Å². The van der Waals surface area contributed by atoms with Gasteiger partial charge in [0.05, 0.1) is 24.4 Å². The highest BCUT2D eigenvalue weighted by Gasteiger charge is 2.10. The van der Waals surface area contributed by atoms with Crippen molar-refractivity contribution < 1.29 is 24.5 Å². The predicted molar refractivity (Wildman–Crippen MR) is 68.4 cm³/mol. The van der Waals surface area contributed by atoms with Gasteiger partial charge in [0.1, 0.15) is 5.75 Å². The molecule has 0 saturated carbocycles. The Bertz CT molecular complexity index is 461. The molecule has 1 rings (SSSR count). The fourth-order valence-electron chi connectivity index (χ4n) is 1.34. The largest absolute Gasteiger partial charge is 0.506 e. The van der Waals surface area contributed by atoms with Gasteiger partial charge in [-0.05, 0) is 18.2 Å². The van der Waals surface area contributed by atoms with Gasteiger partial charge in [0, 0.05) is 13.7 Å². The summed E-state index contributed by atoms with van der Waals surface area (Å²) in [5, 5.41) is 23.6. The first-order chi connectivity index (χ1) is 9.04. The highest BCUT2D eigenvalue weighted by Crippen LogP contribution is 2.24. The molecule has 0 aliphatic rings. The van der Waals surface area contributed by atoms with Crippen molar-refractivity contribution in [2.24, 2.45) is 0 Å². The molecule has 7 heteroatoms. The third-order valence-corrected chi connectivity index (χ3v) is 2.29. The Hall–Kier alpha value is -2.12. The monoisotopic (exact) mass is 268 g/mol. The first-order valence-electron chi connectivity index (χ1n) is 5.60. The Morgan fingerprint density at radius 2 is 2.11 bits per heavy atom. The van der Waals surface area contributed by atoms with Crippen LogP contribution in [0.2, 0.25) is 0 Å². The molecule has 0 atom stereocenters. The van der Waals surface area contributed by atoms with E-state index in [2.05, 4.69) is 10.6 Å². The third kappa shape index (κ3) is 4.94. The van der Waals surface area contributed by atoms with Gasteiger partial charge in [-0.3, -0.25) is 4.79 Å². The van der Waals surface area contributed by atoms with E-state index in [1.807, 2.05) is 0 Å². The number of amides is 1.